The van der Waals surface area contributed by atoms with Gasteiger partial charge in [-0.15, -0.1) is 11.8 Å². The molecule has 1 N–H and O–H groups in total. The van der Waals surface area contributed by atoms with Gasteiger partial charge in [0.1, 0.15) is 12.3 Å². The molecule has 5 nitrogen and oxygen atoms in total. The summed E-state index contributed by atoms with van der Waals surface area (Å²) in [5, 5.41) is 9.52. The lowest BCUT2D eigenvalue weighted by Gasteiger charge is -2.14. The number of hydrogen-bond acceptors (Lipinski definition) is 4. The number of nitrogens with zero attached hydrogens (tertiary/aromatic N) is 2. The highest BCUT2D eigenvalue weighted by molar-refractivity contribution is 7.99. The number of carbonyl (C=O) groups is 1. The van der Waals surface area contributed by atoms with Gasteiger partial charge < -0.3 is 14.1 Å². The predicted molar refractivity (Wildman–Crippen MR) is 118 cm³/mol. The molecule has 4 rings (SSSR count). The third kappa shape index (κ3) is 5.02. The summed E-state index contributed by atoms with van der Waals surface area (Å²) in [5.74, 6) is 0.712. The van der Waals surface area contributed by atoms with Gasteiger partial charge in [0.25, 0.3) is 0 Å². The lowest BCUT2D eigenvalue weighted by atomic mass is 10.1. The summed E-state index contributed by atoms with van der Waals surface area (Å²) in [6, 6.07) is 21.1. The number of benzene rings is 2. The highest BCUT2D eigenvalue weighted by atomic mass is 32.2. The van der Waals surface area contributed by atoms with E-state index in [4.69, 9.17) is 4.42 Å². The predicted octanol–water partition coefficient (Wildman–Crippen LogP) is 5.35. The van der Waals surface area contributed by atoms with Gasteiger partial charge in [0.2, 0.25) is 5.89 Å². The Balaban J connectivity index is 1.30. The molecule has 0 aliphatic heterocycles. The molecule has 0 spiro atoms. The summed E-state index contributed by atoms with van der Waals surface area (Å²) in [4.78, 5) is 17.3. The normalized spacial score (nSPS) is 12.0. The SMILES string of the molecule is O=C(O)C(Cc1ccc(SCCc2coc(-c3ccccc3)n2)cc1)n1cccc1. The smallest absolute Gasteiger partial charge is 0.327 e. The van der Waals surface area contributed by atoms with Crippen LogP contribution in [0.5, 0.6) is 0 Å². The van der Waals surface area contributed by atoms with Crippen LogP contribution < -0.4 is 0 Å². The van der Waals surface area contributed by atoms with E-state index in [2.05, 4.69) is 4.98 Å². The second-order valence-corrected chi connectivity index (χ2v) is 8.11. The molecule has 2 aromatic heterocycles. The van der Waals surface area contributed by atoms with Crippen LogP contribution in [-0.4, -0.2) is 26.4 Å². The topological polar surface area (TPSA) is 68.3 Å². The number of carboxylic acids is 1. The first-order valence-corrected chi connectivity index (χ1v) is 10.7. The maximum atomic E-state index is 11.6. The fraction of sp³-hybridized carbons (Fsp3) is 0.167. The zero-order chi connectivity index (χ0) is 20.8. The number of aryl methyl sites for hydroxylation is 1. The number of thioether (sulfide) groups is 1. The van der Waals surface area contributed by atoms with Crippen LogP contribution in [0.15, 0.2) is 94.7 Å². The Hall–Kier alpha value is -3.25. The summed E-state index contributed by atoms with van der Waals surface area (Å²) in [6.45, 7) is 0. The van der Waals surface area contributed by atoms with E-state index in [0.29, 0.717) is 12.3 Å². The van der Waals surface area contributed by atoms with Gasteiger partial charge in [-0.1, -0.05) is 30.3 Å². The van der Waals surface area contributed by atoms with Crippen molar-refractivity contribution in [2.45, 2.75) is 23.8 Å². The molecule has 4 aromatic rings. The van der Waals surface area contributed by atoms with Crippen LogP contribution >= 0.6 is 11.8 Å². The first kappa shape index (κ1) is 20.0. The third-order valence-corrected chi connectivity index (χ3v) is 5.84. The van der Waals surface area contributed by atoms with Gasteiger partial charge in [-0.3, -0.25) is 0 Å². The van der Waals surface area contributed by atoms with Crippen LogP contribution in [0.2, 0.25) is 0 Å². The molecular weight excluding hydrogens is 396 g/mol. The molecule has 0 aliphatic carbocycles. The molecule has 30 heavy (non-hydrogen) atoms. The van der Waals surface area contributed by atoms with Crippen molar-refractivity contribution in [1.82, 2.24) is 9.55 Å². The number of aliphatic carboxylic acids is 1. The molecule has 1 atom stereocenters. The average molecular weight is 419 g/mol. The Morgan fingerprint density at radius 3 is 2.47 bits per heavy atom. The molecule has 0 aliphatic rings. The molecular formula is C24H22N2O3S. The number of carboxylic acid groups (broad SMARTS) is 1. The minimum atomic E-state index is -0.827. The van der Waals surface area contributed by atoms with Crippen molar-refractivity contribution in [2.75, 3.05) is 5.75 Å². The summed E-state index contributed by atoms with van der Waals surface area (Å²) in [6.07, 6.45) is 6.57. The Bertz CT molecular complexity index is 1070. The van der Waals surface area contributed by atoms with Gasteiger partial charge in [-0.2, -0.15) is 0 Å². The summed E-state index contributed by atoms with van der Waals surface area (Å²) >= 11 is 1.75. The summed E-state index contributed by atoms with van der Waals surface area (Å²) in [7, 11) is 0. The maximum absolute atomic E-state index is 11.6. The van der Waals surface area contributed by atoms with Gasteiger partial charge in [-0.25, -0.2) is 9.78 Å². The molecule has 2 heterocycles. The first-order chi connectivity index (χ1) is 14.7. The van der Waals surface area contributed by atoms with Gasteiger partial charge in [0, 0.05) is 41.4 Å². The van der Waals surface area contributed by atoms with Gasteiger partial charge in [0.05, 0.1) is 5.69 Å². The first-order valence-electron chi connectivity index (χ1n) is 9.76. The quantitative estimate of drug-likeness (QED) is 0.371. The minimum Gasteiger partial charge on any atom is -0.480 e. The molecule has 6 heteroatoms. The zero-order valence-electron chi connectivity index (χ0n) is 16.3. The standard InChI is InChI=1S/C24H22N2O3S/c27-24(28)22(26-13-4-5-14-26)16-18-8-10-21(11-9-18)30-15-12-20-17-29-23(25-20)19-6-2-1-3-7-19/h1-11,13-14,17,22H,12,15-16H2,(H,27,28). The molecule has 0 saturated heterocycles. The molecule has 152 valence electrons. The van der Waals surface area contributed by atoms with E-state index < -0.39 is 12.0 Å². The fourth-order valence-electron chi connectivity index (χ4n) is 3.23. The van der Waals surface area contributed by atoms with Gasteiger partial charge >= 0.3 is 5.97 Å². The van der Waals surface area contributed by atoms with Crippen LogP contribution in [0.4, 0.5) is 0 Å². The largest absolute Gasteiger partial charge is 0.480 e. The molecule has 0 saturated carbocycles. The Morgan fingerprint density at radius 1 is 1.03 bits per heavy atom. The number of oxazole rings is 1. The van der Waals surface area contributed by atoms with Gasteiger partial charge in [0.15, 0.2) is 0 Å². The van der Waals surface area contributed by atoms with E-state index in [1.54, 1.807) is 35.0 Å². The van der Waals surface area contributed by atoms with Crippen LogP contribution in [0.3, 0.4) is 0 Å². The molecule has 0 bridgehead atoms. The second kappa shape index (κ2) is 9.50. The lowest BCUT2D eigenvalue weighted by Crippen LogP contribution is -2.20. The highest BCUT2D eigenvalue weighted by Gasteiger charge is 2.19. The van der Waals surface area contributed by atoms with Crippen molar-refractivity contribution in [1.29, 1.82) is 0 Å². The molecule has 2 aromatic carbocycles. The van der Waals surface area contributed by atoms with Crippen LogP contribution in [0, 0.1) is 0 Å². The summed E-state index contributed by atoms with van der Waals surface area (Å²) in [5.41, 5.74) is 2.92. The highest BCUT2D eigenvalue weighted by Crippen LogP contribution is 2.23. The third-order valence-electron chi connectivity index (χ3n) is 4.82. The molecule has 0 radical (unpaired) electrons. The van der Waals surface area contributed by atoms with E-state index in [0.717, 1.165) is 33.9 Å². The van der Waals surface area contributed by atoms with Crippen molar-refractivity contribution in [3.8, 4) is 11.5 Å². The van der Waals surface area contributed by atoms with Crippen molar-refractivity contribution in [3.05, 3.63) is 96.6 Å². The van der Waals surface area contributed by atoms with Crippen molar-refractivity contribution < 1.29 is 14.3 Å². The van der Waals surface area contributed by atoms with E-state index in [-0.39, 0.29) is 0 Å². The molecule has 0 fully saturated rings. The number of rotatable bonds is 9. The maximum Gasteiger partial charge on any atom is 0.327 e. The van der Waals surface area contributed by atoms with Gasteiger partial charge in [-0.05, 0) is 42.0 Å². The average Bonchev–Trinajstić information content (AvgIpc) is 3.46. The monoisotopic (exact) mass is 418 g/mol. The summed E-state index contributed by atoms with van der Waals surface area (Å²) < 4.78 is 7.31. The molecule has 1 unspecified atom stereocenters. The van der Waals surface area contributed by atoms with E-state index in [1.165, 1.54) is 0 Å². The van der Waals surface area contributed by atoms with Crippen molar-refractivity contribution >= 4 is 17.7 Å². The van der Waals surface area contributed by atoms with Crippen molar-refractivity contribution in [3.63, 3.8) is 0 Å². The van der Waals surface area contributed by atoms with E-state index in [9.17, 15) is 9.90 Å². The van der Waals surface area contributed by atoms with Crippen LogP contribution in [0.1, 0.15) is 17.3 Å². The van der Waals surface area contributed by atoms with Crippen molar-refractivity contribution in [2.24, 2.45) is 0 Å². The minimum absolute atomic E-state index is 0.455. The zero-order valence-corrected chi connectivity index (χ0v) is 17.2. The Labute approximate surface area is 179 Å². The number of hydrogen-bond donors (Lipinski definition) is 1. The second-order valence-electron chi connectivity index (χ2n) is 6.94. The Morgan fingerprint density at radius 2 is 1.77 bits per heavy atom. The van der Waals surface area contributed by atoms with Crippen LogP contribution in [0.25, 0.3) is 11.5 Å². The Kier molecular flexibility index (Phi) is 6.35. The van der Waals surface area contributed by atoms with Crippen LogP contribution in [-0.2, 0) is 17.6 Å². The van der Waals surface area contributed by atoms with E-state index >= 15 is 0 Å². The fourth-order valence-corrected chi connectivity index (χ4v) is 4.10. The van der Waals surface area contributed by atoms with E-state index in [1.807, 2.05) is 66.7 Å². The number of aromatic nitrogens is 2. The lowest BCUT2D eigenvalue weighted by molar-refractivity contribution is -0.140. The molecule has 0 amide bonds.